The second-order valence-electron chi connectivity index (χ2n) is 8.05. The van der Waals surface area contributed by atoms with Gasteiger partial charge in [0.05, 0.1) is 19.1 Å². The molecule has 10 heteroatoms. The lowest BCUT2D eigenvalue weighted by atomic mass is 9.82. The van der Waals surface area contributed by atoms with Crippen molar-refractivity contribution in [1.82, 2.24) is 15.2 Å². The summed E-state index contributed by atoms with van der Waals surface area (Å²) in [6, 6.07) is 9.65. The Morgan fingerprint density at radius 1 is 1.21 bits per heavy atom. The van der Waals surface area contributed by atoms with Crippen LogP contribution >= 0.6 is 0 Å². The summed E-state index contributed by atoms with van der Waals surface area (Å²) in [5, 5.41) is 2.30. The molecule has 2 aliphatic heterocycles. The molecule has 2 aromatic heterocycles. The van der Waals surface area contributed by atoms with Crippen molar-refractivity contribution in [1.29, 1.82) is 0 Å². The Morgan fingerprint density at radius 3 is 2.70 bits per heavy atom. The second kappa shape index (κ2) is 7.44. The van der Waals surface area contributed by atoms with Crippen molar-refractivity contribution in [2.75, 3.05) is 19.4 Å². The van der Waals surface area contributed by atoms with Crippen LogP contribution in [0.2, 0.25) is 0 Å². The summed E-state index contributed by atoms with van der Waals surface area (Å²) in [6.07, 6.45) is 1.33. The summed E-state index contributed by atoms with van der Waals surface area (Å²) in [4.78, 5) is 43.6. The topological polar surface area (TPSA) is 128 Å². The molecule has 3 aromatic rings. The molecule has 3 amide bonds. The summed E-state index contributed by atoms with van der Waals surface area (Å²) in [6.45, 7) is -0.0689. The molecule has 1 aromatic carbocycles. The number of nitrogens with zero attached hydrogens (tertiary/aromatic N) is 2. The molecule has 9 nitrogen and oxygen atoms in total. The van der Waals surface area contributed by atoms with Crippen LogP contribution < -0.4 is 15.8 Å². The normalized spacial score (nSPS) is 19.7. The highest BCUT2D eigenvalue weighted by Gasteiger charge is 2.53. The van der Waals surface area contributed by atoms with Crippen LogP contribution in [0.15, 0.2) is 47.0 Å². The minimum absolute atomic E-state index is 0.0414. The average Bonchev–Trinajstić information content (AvgIpc) is 3.47. The molecule has 33 heavy (non-hydrogen) atoms. The van der Waals surface area contributed by atoms with E-state index in [-0.39, 0.29) is 36.6 Å². The number of nitrogens with two attached hydrogens (primary N) is 1. The van der Waals surface area contributed by atoms with Crippen LogP contribution in [0.5, 0.6) is 5.75 Å². The number of carbonyl (C=O) groups excluding carboxylic acids is 3. The maximum Gasteiger partial charge on any atom is 0.257 e. The number of amides is 3. The summed E-state index contributed by atoms with van der Waals surface area (Å²) < 4.78 is 25.7. The molecule has 0 saturated carbocycles. The fraction of sp³-hybridized carbons (Fsp3) is 0.217. The van der Waals surface area contributed by atoms with Gasteiger partial charge in [-0.2, -0.15) is 0 Å². The van der Waals surface area contributed by atoms with Crippen LogP contribution in [0, 0.1) is 5.82 Å². The standard InChI is InChI=1S/C23H19FN4O5/c1-32-15-4-2-13-10-28(21(30)19(13)20(15)24)11-23(8-18(29)27-22(23)31)16-6-5-14(33-16)12-3-7-17(25)26-9-12/h2-7,9H,8,10-11H2,1H3,(H2,25,26)(H,27,29,31)/t23-/m1/s1. The average molecular weight is 450 g/mol. The highest BCUT2D eigenvalue weighted by atomic mass is 19.1. The van der Waals surface area contributed by atoms with E-state index in [1.54, 1.807) is 30.3 Å². The number of carbonyl (C=O) groups is 3. The van der Waals surface area contributed by atoms with E-state index < -0.39 is 29.0 Å². The number of hydrogen-bond acceptors (Lipinski definition) is 7. The third-order valence-corrected chi connectivity index (χ3v) is 6.03. The lowest BCUT2D eigenvalue weighted by Gasteiger charge is -2.28. The number of nitrogens with one attached hydrogen (secondary N) is 1. The van der Waals surface area contributed by atoms with E-state index in [0.29, 0.717) is 22.7 Å². The van der Waals surface area contributed by atoms with Gasteiger partial charge in [-0.05, 0) is 35.9 Å². The Kier molecular flexibility index (Phi) is 4.66. The van der Waals surface area contributed by atoms with E-state index in [9.17, 15) is 18.8 Å². The third kappa shape index (κ3) is 3.22. The number of anilines is 1. The van der Waals surface area contributed by atoms with Gasteiger partial charge in [-0.3, -0.25) is 19.7 Å². The van der Waals surface area contributed by atoms with Crippen molar-refractivity contribution in [2.45, 2.75) is 18.4 Å². The Morgan fingerprint density at radius 2 is 2.03 bits per heavy atom. The van der Waals surface area contributed by atoms with Crippen LogP contribution in [0.25, 0.3) is 11.3 Å². The largest absolute Gasteiger partial charge is 0.494 e. The number of furan rings is 1. The molecule has 168 valence electrons. The smallest absolute Gasteiger partial charge is 0.257 e. The summed E-state index contributed by atoms with van der Waals surface area (Å²) in [5.74, 6) is -1.44. The van der Waals surface area contributed by atoms with Crippen LogP contribution in [0.1, 0.15) is 28.1 Å². The predicted molar refractivity (Wildman–Crippen MR) is 113 cm³/mol. The van der Waals surface area contributed by atoms with Gasteiger partial charge in [0.1, 0.15) is 22.8 Å². The van der Waals surface area contributed by atoms with Crippen molar-refractivity contribution in [2.24, 2.45) is 0 Å². The summed E-state index contributed by atoms with van der Waals surface area (Å²) in [5.41, 5.74) is 5.20. The number of hydrogen-bond donors (Lipinski definition) is 2. The SMILES string of the molecule is COc1ccc2c(c1F)C(=O)N(C[C@@]1(c3ccc(-c4ccc(N)nc4)o3)CC(=O)NC1=O)C2. The maximum atomic E-state index is 14.7. The number of nitrogen functional groups attached to an aromatic ring is 1. The zero-order valence-corrected chi connectivity index (χ0v) is 17.6. The van der Waals surface area contributed by atoms with Crippen LogP contribution in [-0.2, 0) is 21.5 Å². The van der Waals surface area contributed by atoms with E-state index in [0.717, 1.165) is 0 Å². The monoisotopic (exact) mass is 450 g/mol. The van der Waals surface area contributed by atoms with Crippen LogP contribution in [0.4, 0.5) is 10.2 Å². The summed E-state index contributed by atoms with van der Waals surface area (Å²) >= 11 is 0. The van der Waals surface area contributed by atoms with Gasteiger partial charge < -0.3 is 19.8 Å². The molecule has 1 saturated heterocycles. The zero-order chi connectivity index (χ0) is 23.3. The second-order valence-corrected chi connectivity index (χ2v) is 8.05. The van der Waals surface area contributed by atoms with Crippen molar-refractivity contribution in [3.63, 3.8) is 0 Å². The van der Waals surface area contributed by atoms with E-state index >= 15 is 0 Å². The van der Waals surface area contributed by atoms with Gasteiger partial charge in [0.2, 0.25) is 11.8 Å². The molecule has 2 aliphatic rings. The van der Waals surface area contributed by atoms with Crippen LogP contribution in [0.3, 0.4) is 0 Å². The molecular formula is C23H19FN4O5. The highest BCUT2D eigenvalue weighted by molar-refractivity contribution is 6.09. The highest BCUT2D eigenvalue weighted by Crippen LogP contribution is 2.39. The van der Waals surface area contributed by atoms with E-state index in [2.05, 4.69) is 10.3 Å². The molecule has 1 fully saturated rings. The Hall–Kier alpha value is -4.21. The van der Waals surface area contributed by atoms with Crippen molar-refractivity contribution in [3.8, 4) is 17.1 Å². The molecule has 0 spiro atoms. The first kappa shape index (κ1) is 20.7. The Bertz CT molecular complexity index is 1300. The number of benzene rings is 1. The molecule has 0 radical (unpaired) electrons. The quantitative estimate of drug-likeness (QED) is 0.569. The van der Waals surface area contributed by atoms with Gasteiger partial charge in [-0.25, -0.2) is 9.37 Å². The lowest BCUT2D eigenvalue weighted by Crippen LogP contribution is -2.46. The van der Waals surface area contributed by atoms with Crippen molar-refractivity contribution < 1.29 is 27.9 Å². The number of halogens is 1. The van der Waals surface area contributed by atoms with Crippen LogP contribution in [-0.4, -0.2) is 41.3 Å². The van der Waals surface area contributed by atoms with Crippen molar-refractivity contribution >= 4 is 23.5 Å². The van der Waals surface area contributed by atoms with Gasteiger partial charge in [0.15, 0.2) is 11.6 Å². The van der Waals surface area contributed by atoms with Gasteiger partial charge in [-0.15, -0.1) is 0 Å². The number of ether oxygens (including phenoxy) is 1. The molecule has 0 unspecified atom stereocenters. The maximum absolute atomic E-state index is 14.7. The fourth-order valence-corrected chi connectivity index (χ4v) is 4.36. The molecule has 0 aliphatic carbocycles. The first-order valence-electron chi connectivity index (χ1n) is 10.1. The number of imide groups is 1. The third-order valence-electron chi connectivity index (χ3n) is 6.03. The summed E-state index contributed by atoms with van der Waals surface area (Å²) in [7, 11) is 1.32. The Balaban J connectivity index is 1.51. The molecule has 1 atom stereocenters. The number of rotatable bonds is 5. The van der Waals surface area contributed by atoms with Gasteiger partial charge in [0.25, 0.3) is 5.91 Å². The Labute approximate surface area is 187 Å². The molecular weight excluding hydrogens is 431 g/mol. The van der Waals surface area contributed by atoms with Gasteiger partial charge in [-0.1, -0.05) is 6.07 Å². The molecule has 0 bridgehead atoms. The van der Waals surface area contributed by atoms with Gasteiger partial charge in [0, 0.05) is 24.8 Å². The van der Waals surface area contributed by atoms with Gasteiger partial charge >= 0.3 is 0 Å². The van der Waals surface area contributed by atoms with E-state index in [1.165, 1.54) is 24.3 Å². The number of methoxy groups -OCH3 is 1. The van der Waals surface area contributed by atoms with Crippen molar-refractivity contribution in [3.05, 3.63) is 65.3 Å². The van der Waals surface area contributed by atoms with E-state index in [1.807, 2.05) is 0 Å². The molecule has 5 rings (SSSR count). The first-order chi connectivity index (χ1) is 15.8. The fourth-order valence-electron chi connectivity index (χ4n) is 4.36. The predicted octanol–water partition coefficient (Wildman–Crippen LogP) is 2.01. The molecule has 4 heterocycles. The zero-order valence-electron chi connectivity index (χ0n) is 17.6. The minimum Gasteiger partial charge on any atom is -0.494 e. The minimum atomic E-state index is -1.45. The first-order valence-corrected chi connectivity index (χ1v) is 10.1. The number of aromatic nitrogens is 1. The van der Waals surface area contributed by atoms with E-state index in [4.69, 9.17) is 14.9 Å². The lowest BCUT2D eigenvalue weighted by molar-refractivity contribution is -0.127. The number of fused-ring (bicyclic) bond motifs is 1. The molecule has 3 N–H and O–H groups in total. The number of pyridine rings is 1.